The molecule has 2 aromatic carbocycles. The average molecular weight is 359 g/mol. The van der Waals surface area contributed by atoms with E-state index in [1.165, 1.54) is 24.3 Å². The van der Waals surface area contributed by atoms with Crippen LogP contribution in [0.15, 0.2) is 42.5 Å². The quantitative estimate of drug-likeness (QED) is 0.766. The van der Waals surface area contributed by atoms with Crippen LogP contribution >= 0.6 is 0 Å². The summed E-state index contributed by atoms with van der Waals surface area (Å²) in [7, 11) is 0. The Balaban J connectivity index is 2.47. The van der Waals surface area contributed by atoms with Crippen molar-refractivity contribution < 1.29 is 31.4 Å². The van der Waals surface area contributed by atoms with E-state index in [2.05, 4.69) is 0 Å². The van der Waals surface area contributed by atoms with E-state index in [1.54, 1.807) is 0 Å². The van der Waals surface area contributed by atoms with Gasteiger partial charge in [0.25, 0.3) is 0 Å². The maximum atomic E-state index is 13.0. The molecule has 1 unspecified atom stereocenters. The predicted molar refractivity (Wildman–Crippen MR) is 77.2 cm³/mol. The lowest BCUT2D eigenvalue weighted by atomic mass is 9.92. The van der Waals surface area contributed by atoms with Crippen LogP contribution in [0.2, 0.25) is 0 Å². The van der Waals surface area contributed by atoms with E-state index in [9.17, 15) is 31.4 Å². The molecule has 0 saturated heterocycles. The number of aliphatic hydroxyl groups is 1. The fourth-order valence-electron chi connectivity index (χ4n) is 2.21. The molecule has 8 heteroatoms. The van der Waals surface area contributed by atoms with E-state index >= 15 is 0 Å². The lowest BCUT2D eigenvalue weighted by Crippen LogP contribution is -2.39. The van der Waals surface area contributed by atoms with Crippen LogP contribution in [0, 0.1) is 11.3 Å². The van der Waals surface area contributed by atoms with Crippen molar-refractivity contribution in [1.29, 1.82) is 5.26 Å². The topological polar surface area (TPSA) is 44.0 Å². The van der Waals surface area contributed by atoms with Crippen molar-refractivity contribution >= 4 is 0 Å². The second-order valence-electron chi connectivity index (χ2n) is 5.52. The number of alkyl halides is 6. The minimum atomic E-state index is -4.90. The molecule has 0 heterocycles. The normalized spacial score (nSPS) is 14.7. The molecule has 0 fully saturated rings. The predicted octanol–water partition coefficient (Wildman–Crippen LogP) is 5.01. The summed E-state index contributed by atoms with van der Waals surface area (Å²) in [4.78, 5) is 0. The zero-order valence-electron chi connectivity index (χ0n) is 12.7. The van der Waals surface area contributed by atoms with Crippen molar-refractivity contribution in [2.45, 2.75) is 24.9 Å². The first-order valence-corrected chi connectivity index (χ1v) is 6.89. The van der Waals surface area contributed by atoms with Gasteiger partial charge in [-0.05, 0) is 35.7 Å². The Kier molecular flexibility index (Phi) is 4.57. The first-order valence-electron chi connectivity index (χ1n) is 6.89. The highest BCUT2D eigenvalue weighted by Crippen LogP contribution is 2.39. The van der Waals surface area contributed by atoms with E-state index in [1.807, 2.05) is 0 Å². The number of nitrogens with zero attached hydrogens (tertiary/aromatic N) is 1. The van der Waals surface area contributed by atoms with Crippen LogP contribution in [0.5, 0.6) is 0 Å². The van der Waals surface area contributed by atoms with Gasteiger partial charge >= 0.3 is 12.4 Å². The zero-order chi connectivity index (χ0) is 19.0. The lowest BCUT2D eigenvalue weighted by Gasteiger charge is -2.26. The van der Waals surface area contributed by atoms with Gasteiger partial charge in [0.15, 0.2) is 5.60 Å². The Morgan fingerprint density at radius 2 is 1.40 bits per heavy atom. The number of hydrogen-bond acceptors (Lipinski definition) is 2. The molecule has 0 radical (unpaired) electrons. The molecule has 0 bridgehead atoms. The number of halogens is 6. The van der Waals surface area contributed by atoms with Gasteiger partial charge in [-0.25, -0.2) is 0 Å². The number of rotatable bonds is 2. The molecular weight excluding hydrogens is 348 g/mol. The van der Waals surface area contributed by atoms with E-state index in [0.29, 0.717) is 6.92 Å². The smallest absolute Gasteiger partial charge is 0.376 e. The van der Waals surface area contributed by atoms with Crippen molar-refractivity contribution in [3.05, 3.63) is 59.2 Å². The summed E-state index contributed by atoms with van der Waals surface area (Å²) in [6.45, 7) is 0.589. The summed E-state index contributed by atoms with van der Waals surface area (Å²) in [5.74, 6) is 0. The molecule has 0 aliphatic rings. The summed E-state index contributed by atoms with van der Waals surface area (Å²) in [6, 6.07) is 8.82. The molecule has 2 aromatic rings. The van der Waals surface area contributed by atoms with Gasteiger partial charge in [-0.15, -0.1) is 0 Å². The van der Waals surface area contributed by atoms with Gasteiger partial charge in [-0.2, -0.15) is 31.6 Å². The highest BCUT2D eigenvalue weighted by atomic mass is 19.4. The Morgan fingerprint density at radius 1 is 0.880 bits per heavy atom. The van der Waals surface area contributed by atoms with Gasteiger partial charge in [0.05, 0.1) is 17.2 Å². The molecule has 0 aliphatic heterocycles. The van der Waals surface area contributed by atoms with Gasteiger partial charge in [0.1, 0.15) is 0 Å². The van der Waals surface area contributed by atoms with E-state index in [-0.39, 0.29) is 11.1 Å². The molecule has 0 amide bonds. The zero-order valence-corrected chi connectivity index (χ0v) is 12.7. The molecule has 2 nitrogen and oxygen atoms in total. The lowest BCUT2D eigenvalue weighted by molar-refractivity contribution is -0.258. The van der Waals surface area contributed by atoms with Gasteiger partial charge in [0, 0.05) is 0 Å². The molecule has 0 spiro atoms. The molecule has 0 aliphatic carbocycles. The SMILES string of the molecule is CC(O)(c1ccc(-c2ccc(C#N)c(C(F)(F)F)c2)cc1)C(F)(F)F. The fraction of sp³-hybridized carbons (Fsp3) is 0.235. The van der Waals surface area contributed by atoms with Crippen molar-refractivity contribution in [2.24, 2.45) is 0 Å². The Morgan fingerprint density at radius 3 is 1.84 bits per heavy atom. The maximum absolute atomic E-state index is 13.0. The minimum absolute atomic E-state index is 0.0875. The molecular formula is C17H11F6NO. The molecule has 2 rings (SSSR count). The van der Waals surface area contributed by atoms with E-state index in [0.717, 1.165) is 24.3 Å². The van der Waals surface area contributed by atoms with Crippen LogP contribution in [0.4, 0.5) is 26.3 Å². The van der Waals surface area contributed by atoms with Gasteiger partial charge in [-0.3, -0.25) is 0 Å². The standard InChI is InChI=1S/C17H11F6NO/c1-15(25,17(21,22)23)13-6-4-10(5-7-13)11-2-3-12(9-24)14(8-11)16(18,19)20/h2-8,25H,1H3. The summed E-state index contributed by atoms with van der Waals surface area (Å²) in [6.07, 6.45) is -9.63. The molecule has 1 N–H and O–H groups in total. The van der Waals surface area contributed by atoms with Crippen LogP contribution in [0.3, 0.4) is 0 Å². The summed E-state index contributed by atoms with van der Waals surface area (Å²) in [5.41, 5.74) is -4.88. The third kappa shape index (κ3) is 3.61. The minimum Gasteiger partial charge on any atom is -0.376 e. The van der Waals surface area contributed by atoms with Gasteiger partial charge in [0.2, 0.25) is 0 Å². The first-order chi connectivity index (χ1) is 11.4. The molecule has 0 aromatic heterocycles. The molecule has 132 valence electrons. The number of nitriles is 1. The van der Waals surface area contributed by atoms with Crippen LogP contribution < -0.4 is 0 Å². The third-order valence-corrected chi connectivity index (χ3v) is 3.78. The highest BCUT2D eigenvalue weighted by molar-refractivity contribution is 5.66. The van der Waals surface area contributed by atoms with E-state index in [4.69, 9.17) is 5.26 Å². The van der Waals surface area contributed by atoms with Gasteiger partial charge < -0.3 is 5.11 Å². The average Bonchev–Trinajstić information content (AvgIpc) is 2.52. The first kappa shape index (κ1) is 18.8. The largest absolute Gasteiger partial charge is 0.421 e. The second-order valence-corrected chi connectivity index (χ2v) is 5.52. The van der Waals surface area contributed by atoms with Crippen LogP contribution in [-0.2, 0) is 11.8 Å². The number of hydrogen-bond donors (Lipinski definition) is 1. The van der Waals surface area contributed by atoms with Crippen LogP contribution in [0.25, 0.3) is 11.1 Å². The fourth-order valence-corrected chi connectivity index (χ4v) is 2.21. The monoisotopic (exact) mass is 359 g/mol. The number of benzene rings is 2. The van der Waals surface area contributed by atoms with Gasteiger partial charge in [-0.1, -0.05) is 30.3 Å². The Bertz CT molecular complexity index is 813. The van der Waals surface area contributed by atoms with E-state index < -0.39 is 34.6 Å². The second kappa shape index (κ2) is 6.08. The van der Waals surface area contributed by atoms with Crippen molar-refractivity contribution in [1.82, 2.24) is 0 Å². The Labute approximate surface area is 138 Å². The molecule has 25 heavy (non-hydrogen) atoms. The third-order valence-electron chi connectivity index (χ3n) is 3.78. The summed E-state index contributed by atoms with van der Waals surface area (Å²) < 4.78 is 77.3. The maximum Gasteiger partial charge on any atom is 0.421 e. The van der Waals surface area contributed by atoms with Crippen LogP contribution in [-0.4, -0.2) is 11.3 Å². The van der Waals surface area contributed by atoms with Crippen molar-refractivity contribution in [3.8, 4) is 17.2 Å². The molecule has 0 saturated carbocycles. The van der Waals surface area contributed by atoms with Crippen molar-refractivity contribution in [3.63, 3.8) is 0 Å². The van der Waals surface area contributed by atoms with Crippen LogP contribution in [0.1, 0.15) is 23.6 Å². The Hall–Kier alpha value is -2.53. The van der Waals surface area contributed by atoms with Crippen molar-refractivity contribution in [2.75, 3.05) is 0 Å². The molecule has 1 atom stereocenters. The summed E-state index contributed by atoms with van der Waals surface area (Å²) >= 11 is 0. The summed E-state index contributed by atoms with van der Waals surface area (Å²) in [5, 5.41) is 18.4. The highest BCUT2D eigenvalue weighted by Gasteiger charge is 2.51.